The Labute approximate surface area is 170 Å². The summed E-state index contributed by atoms with van der Waals surface area (Å²) in [7, 11) is 0. The van der Waals surface area contributed by atoms with Crippen LogP contribution < -0.4 is 10.6 Å². The molecule has 1 aliphatic carbocycles. The maximum atomic E-state index is 13.0. The van der Waals surface area contributed by atoms with Gasteiger partial charge in [-0.05, 0) is 65.5 Å². The van der Waals surface area contributed by atoms with Gasteiger partial charge in [-0.25, -0.2) is 0 Å². The van der Waals surface area contributed by atoms with E-state index in [1.807, 2.05) is 48.2 Å². The van der Waals surface area contributed by atoms with Gasteiger partial charge >= 0.3 is 0 Å². The number of rotatable bonds is 2. The summed E-state index contributed by atoms with van der Waals surface area (Å²) in [6, 6.07) is 14.2. The lowest BCUT2D eigenvalue weighted by Gasteiger charge is -2.39. The molecule has 0 bridgehead atoms. The van der Waals surface area contributed by atoms with Crippen LogP contribution in [0.25, 0.3) is 0 Å². The van der Waals surface area contributed by atoms with Gasteiger partial charge in [0.05, 0.1) is 21.3 Å². The molecule has 0 fully saturated rings. The zero-order valence-corrected chi connectivity index (χ0v) is 17.2. The summed E-state index contributed by atoms with van der Waals surface area (Å²) in [5.41, 5.74) is 10.6. The molecule has 1 aliphatic heterocycles. The van der Waals surface area contributed by atoms with E-state index in [1.54, 1.807) is 11.3 Å². The second-order valence-electron chi connectivity index (χ2n) is 6.80. The van der Waals surface area contributed by atoms with Crippen molar-refractivity contribution in [1.82, 2.24) is 0 Å². The van der Waals surface area contributed by atoms with Crippen molar-refractivity contribution in [3.05, 3.63) is 73.3 Å². The minimum absolute atomic E-state index is 0.115. The third kappa shape index (κ3) is 3.01. The highest BCUT2D eigenvalue weighted by Gasteiger charge is 2.40. The number of aryl methyl sites for hydroxylation is 1. The Morgan fingerprint density at radius 2 is 2.11 bits per heavy atom. The van der Waals surface area contributed by atoms with Crippen LogP contribution >= 0.6 is 27.3 Å². The molecule has 4 nitrogen and oxygen atoms in total. The van der Waals surface area contributed by atoms with Crippen LogP contribution in [0.2, 0.25) is 0 Å². The maximum absolute atomic E-state index is 13.0. The minimum atomic E-state index is -0.379. The molecule has 6 heteroatoms. The molecular formula is C21H18BrN3OS. The van der Waals surface area contributed by atoms with Gasteiger partial charge in [-0.3, -0.25) is 9.69 Å². The lowest BCUT2D eigenvalue weighted by Crippen LogP contribution is -2.38. The Hall–Kier alpha value is -2.36. The fourth-order valence-corrected chi connectivity index (χ4v) is 5.46. The topological polar surface area (TPSA) is 70.1 Å². The number of carbonyl (C=O) groups excluding carboxylic acids is 1. The van der Waals surface area contributed by atoms with Gasteiger partial charge in [0.2, 0.25) is 0 Å². The molecule has 4 rings (SSSR count). The lowest BCUT2D eigenvalue weighted by molar-refractivity contribution is -0.116. The number of hydrogen-bond acceptors (Lipinski definition) is 5. The fraction of sp³-hybridized carbons (Fsp3) is 0.238. The molecule has 0 radical (unpaired) electrons. The standard InChI is InChI=1S/C21H18BrN3OS/c1-12-4-2-5-13(10-12)25-15-6-3-7-16(26)20(15)19(14(11-23)21(25)24)17-8-9-18(22)27-17/h2,4-5,8-10,19H,3,6-7,24H2,1H3/t19-/m1/s1. The van der Waals surface area contributed by atoms with Crippen molar-refractivity contribution in [2.45, 2.75) is 32.1 Å². The number of ketones is 1. The number of thiophene rings is 1. The zero-order chi connectivity index (χ0) is 19.1. The van der Waals surface area contributed by atoms with E-state index in [1.165, 1.54) is 0 Å². The number of halogens is 1. The highest BCUT2D eigenvalue weighted by atomic mass is 79.9. The molecule has 1 atom stereocenters. The van der Waals surface area contributed by atoms with Crippen LogP contribution in [-0.4, -0.2) is 5.78 Å². The number of allylic oxidation sites excluding steroid dienone is 3. The Morgan fingerprint density at radius 1 is 1.30 bits per heavy atom. The molecule has 0 saturated heterocycles. The Bertz CT molecular complexity index is 1040. The summed E-state index contributed by atoms with van der Waals surface area (Å²) in [6.07, 6.45) is 2.09. The summed E-state index contributed by atoms with van der Waals surface area (Å²) in [4.78, 5) is 15.8. The van der Waals surface area contributed by atoms with Gasteiger partial charge in [-0.2, -0.15) is 5.26 Å². The molecule has 27 heavy (non-hydrogen) atoms. The Balaban J connectivity index is 1.97. The van der Waals surface area contributed by atoms with E-state index in [2.05, 4.69) is 22.0 Å². The number of carbonyl (C=O) groups is 1. The highest BCUT2D eigenvalue weighted by Crippen LogP contribution is 2.48. The van der Waals surface area contributed by atoms with Crippen LogP contribution in [0.15, 0.2) is 62.8 Å². The van der Waals surface area contributed by atoms with Gasteiger partial charge in [0.1, 0.15) is 5.82 Å². The third-order valence-electron chi connectivity index (χ3n) is 5.05. The normalized spacial score (nSPS) is 20.0. The van der Waals surface area contributed by atoms with Crippen LogP contribution in [-0.2, 0) is 4.79 Å². The third-order valence-corrected chi connectivity index (χ3v) is 6.74. The Kier molecular flexibility index (Phi) is 4.67. The quantitative estimate of drug-likeness (QED) is 0.704. The molecule has 0 saturated carbocycles. The van der Waals surface area contributed by atoms with Crippen molar-refractivity contribution in [3.8, 4) is 6.07 Å². The van der Waals surface area contributed by atoms with E-state index in [0.29, 0.717) is 17.8 Å². The summed E-state index contributed by atoms with van der Waals surface area (Å²) in [5, 5.41) is 9.94. The number of anilines is 1. The SMILES string of the molecule is Cc1cccc(N2C(N)=C(C#N)[C@H](c3ccc(Br)s3)C3=C2CCCC3=O)c1. The van der Waals surface area contributed by atoms with E-state index in [4.69, 9.17) is 5.73 Å². The first-order valence-electron chi connectivity index (χ1n) is 8.79. The van der Waals surface area contributed by atoms with Gasteiger partial charge in [-0.15, -0.1) is 11.3 Å². The lowest BCUT2D eigenvalue weighted by atomic mass is 9.78. The molecule has 2 aromatic rings. The van der Waals surface area contributed by atoms with E-state index >= 15 is 0 Å². The van der Waals surface area contributed by atoms with Crippen LogP contribution in [0.4, 0.5) is 5.69 Å². The van der Waals surface area contributed by atoms with Crippen LogP contribution in [0, 0.1) is 18.3 Å². The van der Waals surface area contributed by atoms with Crippen molar-refractivity contribution in [3.63, 3.8) is 0 Å². The van der Waals surface area contributed by atoms with E-state index in [9.17, 15) is 10.1 Å². The van der Waals surface area contributed by atoms with Crippen LogP contribution in [0.1, 0.15) is 35.6 Å². The highest BCUT2D eigenvalue weighted by molar-refractivity contribution is 9.11. The van der Waals surface area contributed by atoms with Gasteiger partial charge in [0, 0.05) is 28.3 Å². The van der Waals surface area contributed by atoms with Crippen molar-refractivity contribution < 1.29 is 4.79 Å². The summed E-state index contributed by atoms with van der Waals surface area (Å²) in [5.74, 6) is 0.157. The zero-order valence-electron chi connectivity index (χ0n) is 14.8. The van der Waals surface area contributed by atoms with E-state index < -0.39 is 0 Å². The number of hydrogen-bond donors (Lipinski definition) is 1. The van der Waals surface area contributed by atoms with Gasteiger partial charge < -0.3 is 5.73 Å². The first-order chi connectivity index (χ1) is 13.0. The first kappa shape index (κ1) is 18.0. The second-order valence-corrected chi connectivity index (χ2v) is 9.29. The van der Waals surface area contributed by atoms with Crippen molar-refractivity contribution >= 4 is 38.7 Å². The summed E-state index contributed by atoms with van der Waals surface area (Å²) in [6.45, 7) is 2.02. The molecule has 0 spiro atoms. The van der Waals surface area contributed by atoms with Gasteiger partial charge in [0.25, 0.3) is 0 Å². The smallest absolute Gasteiger partial charge is 0.161 e. The predicted molar refractivity (Wildman–Crippen MR) is 111 cm³/mol. The van der Waals surface area contributed by atoms with Crippen LogP contribution in [0.3, 0.4) is 0 Å². The first-order valence-corrected chi connectivity index (χ1v) is 10.4. The molecule has 136 valence electrons. The number of Topliss-reactive ketones (excluding diaryl/α,β-unsaturated/α-hetero) is 1. The van der Waals surface area contributed by atoms with Gasteiger partial charge in [-0.1, -0.05) is 12.1 Å². The molecule has 2 heterocycles. The fourth-order valence-electron chi connectivity index (χ4n) is 3.92. The van der Waals surface area contributed by atoms with Crippen molar-refractivity contribution in [2.24, 2.45) is 5.73 Å². The number of nitriles is 1. The number of nitrogens with zero attached hydrogens (tertiary/aromatic N) is 2. The number of benzene rings is 1. The summed E-state index contributed by atoms with van der Waals surface area (Å²) < 4.78 is 0.972. The molecule has 2 N–H and O–H groups in total. The number of nitrogens with two attached hydrogens (primary N) is 1. The summed E-state index contributed by atoms with van der Waals surface area (Å²) >= 11 is 5.04. The predicted octanol–water partition coefficient (Wildman–Crippen LogP) is 5.12. The van der Waals surface area contributed by atoms with Crippen molar-refractivity contribution in [1.29, 1.82) is 5.26 Å². The van der Waals surface area contributed by atoms with Gasteiger partial charge in [0.15, 0.2) is 5.78 Å². The Morgan fingerprint density at radius 3 is 2.78 bits per heavy atom. The monoisotopic (exact) mass is 439 g/mol. The van der Waals surface area contributed by atoms with E-state index in [0.717, 1.165) is 44.0 Å². The largest absolute Gasteiger partial charge is 0.384 e. The average molecular weight is 440 g/mol. The molecule has 0 unspecified atom stereocenters. The minimum Gasteiger partial charge on any atom is -0.384 e. The molecule has 1 aromatic heterocycles. The van der Waals surface area contributed by atoms with Crippen molar-refractivity contribution in [2.75, 3.05) is 4.90 Å². The molecular weight excluding hydrogens is 422 g/mol. The maximum Gasteiger partial charge on any atom is 0.161 e. The van der Waals surface area contributed by atoms with E-state index in [-0.39, 0.29) is 11.7 Å². The second kappa shape index (κ2) is 6.99. The molecule has 1 aromatic carbocycles. The average Bonchev–Trinajstić information content (AvgIpc) is 3.07. The van der Waals surface area contributed by atoms with Crippen LogP contribution in [0.5, 0.6) is 0 Å². The molecule has 0 amide bonds. The molecule has 2 aliphatic rings.